The van der Waals surface area contributed by atoms with Crippen LogP contribution in [-0.4, -0.2) is 74.1 Å². The molecule has 46 heavy (non-hydrogen) atoms. The zero-order chi connectivity index (χ0) is 31.9. The van der Waals surface area contributed by atoms with Crippen LogP contribution < -0.4 is 0 Å². The summed E-state index contributed by atoms with van der Waals surface area (Å²) < 4.78 is 15.3. The number of rotatable bonds is 7. The molecule has 0 spiro atoms. The average Bonchev–Trinajstić information content (AvgIpc) is 3.47. The number of carbonyl (C=O) groups is 1. The Morgan fingerprint density at radius 1 is 0.935 bits per heavy atom. The van der Waals surface area contributed by atoms with E-state index in [9.17, 15) is 14.3 Å². The smallest absolute Gasteiger partial charge is 0.244 e. The van der Waals surface area contributed by atoms with Crippen molar-refractivity contribution in [2.75, 3.05) is 26.2 Å². The fourth-order valence-electron chi connectivity index (χ4n) is 6.51. The minimum Gasteiger partial charge on any atom is -0.393 e. The monoisotopic (exact) mass is 622 g/mol. The minimum atomic E-state index is -0.327. The first-order valence-electron chi connectivity index (χ1n) is 16.6. The molecule has 1 saturated carbocycles. The van der Waals surface area contributed by atoms with Gasteiger partial charge in [0.05, 0.1) is 6.10 Å². The maximum atomic E-state index is 13.7. The predicted octanol–water partition coefficient (Wildman–Crippen LogP) is 6.50. The molecule has 3 heterocycles. The molecule has 2 aromatic carbocycles. The second-order valence-electron chi connectivity index (χ2n) is 12.4. The number of hydrogen-bond donors (Lipinski definition) is 1. The van der Waals surface area contributed by atoms with Gasteiger partial charge in [0.1, 0.15) is 12.4 Å². The van der Waals surface area contributed by atoms with Gasteiger partial charge in [0.15, 0.2) is 11.6 Å². The normalized spacial score (nSPS) is 21.0. The second-order valence-corrected chi connectivity index (χ2v) is 12.4. The van der Waals surface area contributed by atoms with E-state index in [1.807, 2.05) is 35.4 Å². The minimum absolute atomic E-state index is 0.0141. The maximum absolute atomic E-state index is 13.7. The quantitative estimate of drug-likeness (QED) is 0.325. The van der Waals surface area contributed by atoms with E-state index < -0.39 is 0 Å². The molecule has 2 atom stereocenters. The molecule has 2 unspecified atom stereocenters. The first kappa shape index (κ1) is 31.6. The van der Waals surface area contributed by atoms with Gasteiger partial charge in [-0.2, -0.15) is 0 Å². The van der Waals surface area contributed by atoms with E-state index in [1.54, 1.807) is 22.9 Å². The molecule has 2 fully saturated rings. The molecular formula is C37H43FN6O2. The Balaban J connectivity index is 1.15. The Kier molecular flexibility index (Phi) is 10.2. The van der Waals surface area contributed by atoms with Crippen LogP contribution in [-0.2, 0) is 11.3 Å². The molecule has 0 radical (unpaired) electrons. The van der Waals surface area contributed by atoms with Gasteiger partial charge in [0, 0.05) is 60.8 Å². The number of benzene rings is 2. The molecule has 1 aromatic heterocycles. The number of piperazine rings is 1. The van der Waals surface area contributed by atoms with Crippen LogP contribution in [0.25, 0.3) is 28.9 Å². The van der Waals surface area contributed by atoms with E-state index in [4.69, 9.17) is 15.1 Å². The van der Waals surface area contributed by atoms with Gasteiger partial charge in [-0.1, -0.05) is 55.8 Å². The molecule has 9 heteroatoms. The van der Waals surface area contributed by atoms with Crippen molar-refractivity contribution < 1.29 is 14.3 Å². The molecule has 0 bridgehead atoms. The lowest BCUT2D eigenvalue weighted by molar-refractivity contribution is -0.133. The summed E-state index contributed by atoms with van der Waals surface area (Å²) in [6.07, 6.45) is 16.0. The maximum Gasteiger partial charge on any atom is 0.244 e. The van der Waals surface area contributed by atoms with Gasteiger partial charge >= 0.3 is 0 Å². The molecule has 3 aromatic rings. The number of hydrogen-bond acceptors (Lipinski definition) is 6. The summed E-state index contributed by atoms with van der Waals surface area (Å²) in [7, 11) is 0. The van der Waals surface area contributed by atoms with Crippen molar-refractivity contribution in [1.29, 1.82) is 0 Å². The fourth-order valence-corrected chi connectivity index (χ4v) is 6.51. The van der Waals surface area contributed by atoms with Gasteiger partial charge in [0.25, 0.3) is 0 Å². The van der Waals surface area contributed by atoms with Crippen molar-refractivity contribution in [2.45, 2.75) is 64.0 Å². The number of aliphatic imine (C=N–C) groups is 1. The summed E-state index contributed by atoms with van der Waals surface area (Å²) in [6.45, 7) is 6.59. The Bertz CT molecular complexity index is 1600. The first-order chi connectivity index (χ1) is 22.5. The molecular weight excluding hydrogens is 579 g/mol. The number of amides is 1. The van der Waals surface area contributed by atoms with Crippen molar-refractivity contribution >= 4 is 18.2 Å². The lowest BCUT2D eigenvalue weighted by Crippen LogP contribution is -2.49. The molecule has 1 amide bonds. The van der Waals surface area contributed by atoms with Gasteiger partial charge < -0.3 is 14.9 Å². The Morgan fingerprint density at radius 2 is 1.67 bits per heavy atom. The first-order valence-corrected chi connectivity index (χ1v) is 16.6. The van der Waals surface area contributed by atoms with Gasteiger partial charge in [-0.3, -0.25) is 9.79 Å². The molecule has 1 N–H and O–H groups in total. The van der Waals surface area contributed by atoms with Gasteiger partial charge in [-0.05, 0) is 74.4 Å². The molecule has 1 aliphatic carbocycles. The summed E-state index contributed by atoms with van der Waals surface area (Å²) >= 11 is 0. The van der Waals surface area contributed by atoms with Crippen molar-refractivity contribution in [3.8, 4) is 22.8 Å². The summed E-state index contributed by atoms with van der Waals surface area (Å²) in [5.74, 6) is 1.05. The zero-order valence-electron chi connectivity index (χ0n) is 26.4. The Morgan fingerprint density at radius 3 is 2.43 bits per heavy atom. The van der Waals surface area contributed by atoms with Crippen LogP contribution in [0.4, 0.5) is 4.39 Å². The summed E-state index contributed by atoms with van der Waals surface area (Å²) in [4.78, 5) is 27.6. The van der Waals surface area contributed by atoms with E-state index in [2.05, 4.69) is 23.6 Å². The fraction of sp³-hybridized carbons (Fsp3) is 0.405. The van der Waals surface area contributed by atoms with Crippen LogP contribution in [0.15, 0.2) is 83.6 Å². The largest absolute Gasteiger partial charge is 0.393 e. The summed E-state index contributed by atoms with van der Waals surface area (Å²) in [5, 5.41) is 15.0. The lowest BCUT2D eigenvalue weighted by atomic mass is 9.87. The predicted molar refractivity (Wildman–Crippen MR) is 180 cm³/mol. The summed E-state index contributed by atoms with van der Waals surface area (Å²) in [5.41, 5.74) is 4.82. The van der Waals surface area contributed by atoms with Crippen LogP contribution in [0.3, 0.4) is 0 Å². The zero-order valence-corrected chi connectivity index (χ0v) is 26.4. The van der Waals surface area contributed by atoms with Crippen LogP contribution in [0, 0.1) is 11.7 Å². The highest BCUT2D eigenvalue weighted by Crippen LogP contribution is 2.31. The third-order valence-corrected chi connectivity index (χ3v) is 9.25. The number of aliphatic hydroxyl groups is 1. The second kappa shape index (κ2) is 14.8. The lowest BCUT2D eigenvalue weighted by Gasteiger charge is -2.37. The van der Waals surface area contributed by atoms with E-state index in [0.29, 0.717) is 36.2 Å². The Hall–Kier alpha value is -4.37. The van der Waals surface area contributed by atoms with E-state index >= 15 is 0 Å². The highest BCUT2D eigenvalue weighted by molar-refractivity contribution is 5.77. The van der Waals surface area contributed by atoms with Crippen LogP contribution in [0.2, 0.25) is 0 Å². The molecule has 1 saturated heterocycles. The van der Waals surface area contributed by atoms with Gasteiger partial charge in [-0.25, -0.2) is 14.1 Å². The van der Waals surface area contributed by atoms with Crippen molar-refractivity contribution in [3.63, 3.8) is 0 Å². The van der Waals surface area contributed by atoms with Crippen LogP contribution >= 0.6 is 0 Å². The van der Waals surface area contributed by atoms with Crippen molar-refractivity contribution in [3.05, 3.63) is 90.0 Å². The highest BCUT2D eigenvalue weighted by Gasteiger charge is 2.26. The number of allylic oxidation sites excluding steroid dienone is 3. The van der Waals surface area contributed by atoms with Crippen LogP contribution in [0.1, 0.15) is 56.9 Å². The van der Waals surface area contributed by atoms with Crippen LogP contribution in [0.5, 0.6) is 0 Å². The molecule has 240 valence electrons. The van der Waals surface area contributed by atoms with Gasteiger partial charge in [-0.15, -0.1) is 5.10 Å². The number of halogens is 1. The molecule has 3 aliphatic rings. The van der Waals surface area contributed by atoms with Crippen molar-refractivity contribution in [2.24, 2.45) is 10.9 Å². The Labute approximate surface area is 270 Å². The number of aliphatic hydroxyl groups excluding tert-OH is 1. The third kappa shape index (κ3) is 7.70. The highest BCUT2D eigenvalue weighted by atomic mass is 19.1. The molecule has 2 aliphatic heterocycles. The standard InChI is InChI=1S/C37H43FN6O2/c1-2-27-10-12-30(13-11-27)37-40-36(29-14-17-31(38)18-15-29)41-44(37)26-35(46)43-23-21-42(22-24-43)32-8-5-6-20-39-34(25-32)28-7-3-4-9-33(45)19-16-28/h2,8,10-15,17-18,20,25,28,33,45H,1,3-7,9,16,19,21-24,26H2. The topological polar surface area (TPSA) is 86.9 Å². The van der Waals surface area contributed by atoms with Crippen molar-refractivity contribution in [1.82, 2.24) is 24.6 Å². The molecule has 6 rings (SSSR count). The molecule has 8 nitrogen and oxygen atoms in total. The van der Waals surface area contributed by atoms with E-state index in [0.717, 1.165) is 81.3 Å². The van der Waals surface area contributed by atoms with E-state index in [1.165, 1.54) is 17.8 Å². The number of nitrogens with zero attached hydrogens (tertiary/aromatic N) is 6. The van der Waals surface area contributed by atoms with Gasteiger partial charge in [0.2, 0.25) is 5.91 Å². The summed E-state index contributed by atoms with van der Waals surface area (Å²) in [6, 6.07) is 13.9. The van der Waals surface area contributed by atoms with E-state index in [-0.39, 0.29) is 24.4 Å². The number of carbonyl (C=O) groups excluding carboxylic acids is 1. The SMILES string of the molecule is C=Cc1ccc(-c2nc(-c3ccc(F)cc3)nn2CC(=O)N2CCN(C3=CCCC=NC(C4CCCCC(O)CC4)=C3)CC2)cc1. The third-order valence-electron chi connectivity index (χ3n) is 9.25. The number of aromatic nitrogens is 3. The average molecular weight is 623 g/mol.